The van der Waals surface area contributed by atoms with Crippen LogP contribution in [0.25, 0.3) is 0 Å². The largest absolute Gasteiger partial charge is 0.480 e. The molecule has 0 saturated carbocycles. The van der Waals surface area contributed by atoms with Gasteiger partial charge < -0.3 is 70.6 Å². The van der Waals surface area contributed by atoms with E-state index in [0.717, 1.165) is 6.42 Å². The number of nitrogens with two attached hydrogens (primary N) is 4. The van der Waals surface area contributed by atoms with Gasteiger partial charge in [-0.3, -0.25) is 43.5 Å². The van der Waals surface area contributed by atoms with Crippen LogP contribution in [0.2, 0.25) is 0 Å². The van der Waals surface area contributed by atoms with E-state index >= 15 is 0 Å². The molecule has 1 aromatic carbocycles. The van der Waals surface area contributed by atoms with E-state index in [0.29, 0.717) is 30.7 Å². The zero-order chi connectivity index (χ0) is 48.3. The molecule has 6 atom stereocenters. The van der Waals surface area contributed by atoms with Crippen LogP contribution in [-0.2, 0) is 44.8 Å². The van der Waals surface area contributed by atoms with Gasteiger partial charge in [0, 0.05) is 19.5 Å². The molecule has 0 aliphatic carbocycles. The molecule has 1 aliphatic heterocycles. The molecular formula is C41H68N14O9S. The molecule has 65 heavy (non-hydrogen) atoms. The Morgan fingerprint density at radius 1 is 0.708 bits per heavy atom. The summed E-state index contributed by atoms with van der Waals surface area (Å²) >= 11 is 1.40. The first-order valence-electron chi connectivity index (χ1n) is 21.5. The van der Waals surface area contributed by atoms with E-state index in [1.807, 2.05) is 0 Å². The molecule has 1 saturated heterocycles. The third-order valence-electron chi connectivity index (χ3n) is 9.90. The number of carbonyl (C=O) groups excluding carboxylic acids is 7. The molecule has 7 amide bonds. The van der Waals surface area contributed by atoms with Crippen molar-refractivity contribution in [3.8, 4) is 0 Å². The van der Waals surface area contributed by atoms with Gasteiger partial charge in [-0.25, -0.2) is 4.79 Å². The summed E-state index contributed by atoms with van der Waals surface area (Å²) in [6.45, 7) is 3.44. The highest BCUT2D eigenvalue weighted by atomic mass is 32.2. The number of hydrogen-bond donors (Lipinski definition) is 13. The highest BCUT2D eigenvalue weighted by Gasteiger charge is 2.31. The van der Waals surface area contributed by atoms with E-state index in [-0.39, 0.29) is 75.4 Å². The number of carboxylic acid groups (broad SMARTS) is 1. The second kappa shape index (κ2) is 30.1. The molecule has 23 nitrogen and oxygen atoms in total. The lowest BCUT2D eigenvalue weighted by Gasteiger charge is -2.26. The summed E-state index contributed by atoms with van der Waals surface area (Å²) in [5, 5.41) is 30.7. The zero-order valence-electron chi connectivity index (χ0n) is 37.4. The summed E-state index contributed by atoms with van der Waals surface area (Å²) in [7, 11) is 0. The minimum Gasteiger partial charge on any atom is -0.480 e. The second-order valence-corrected chi connectivity index (χ2v) is 16.8. The van der Waals surface area contributed by atoms with Crippen molar-refractivity contribution in [2.75, 3.05) is 44.7 Å². The number of benzene rings is 1. The third kappa shape index (κ3) is 22.8. The molecule has 24 heteroatoms. The van der Waals surface area contributed by atoms with Gasteiger partial charge in [0.15, 0.2) is 11.9 Å². The standard InChI is InChI=1S/C41H68N14O9S/c1-24(2)20-31(39(63)64)52-33(57)23-50-35(59)28(14-9-18-48-41(44)45)54-37(61)29(15-19-65-3)55-38(62)30(21-25-10-5-4-6-11-25)51-32(56)22-49-34(58)27(13-8-17-47-40(42)43)53-36(60)26-12-7-16-46-26/h4-6,10-11,24,26-31,46H,7-9,12-23H2,1-3H3,(H,49,58)(H,50,59)(H,51,56)(H,52,57)(H,53,60)(H,54,61)(H,55,62)(H,63,64)(H4,42,43,47)(H4,44,45,48)/t26-,27-,28-,29-,30-,31-/m0/s1. The smallest absolute Gasteiger partial charge is 0.326 e. The predicted molar refractivity (Wildman–Crippen MR) is 247 cm³/mol. The maximum Gasteiger partial charge on any atom is 0.326 e. The molecule has 1 heterocycles. The third-order valence-corrected chi connectivity index (χ3v) is 10.5. The molecule has 1 fully saturated rings. The highest BCUT2D eigenvalue weighted by molar-refractivity contribution is 7.98. The molecule has 0 aromatic heterocycles. The van der Waals surface area contributed by atoms with Crippen LogP contribution in [0, 0.1) is 5.92 Å². The maximum atomic E-state index is 14.0. The number of nitrogens with zero attached hydrogens (tertiary/aromatic N) is 2. The van der Waals surface area contributed by atoms with Crippen molar-refractivity contribution in [3.63, 3.8) is 0 Å². The Labute approximate surface area is 383 Å². The number of carbonyl (C=O) groups is 8. The Balaban J connectivity index is 2.24. The fourth-order valence-electron chi connectivity index (χ4n) is 6.60. The number of rotatable bonds is 30. The van der Waals surface area contributed by atoms with Gasteiger partial charge in [0.1, 0.15) is 30.2 Å². The minimum atomic E-state index is -1.24. The van der Waals surface area contributed by atoms with Crippen LogP contribution in [0.3, 0.4) is 0 Å². The summed E-state index contributed by atoms with van der Waals surface area (Å²) in [5.41, 5.74) is 22.4. The van der Waals surface area contributed by atoms with E-state index in [1.54, 1.807) is 50.4 Å². The Morgan fingerprint density at radius 3 is 1.69 bits per heavy atom. The van der Waals surface area contributed by atoms with Crippen LogP contribution in [0.5, 0.6) is 0 Å². The van der Waals surface area contributed by atoms with Gasteiger partial charge in [0.25, 0.3) is 0 Å². The van der Waals surface area contributed by atoms with E-state index in [4.69, 9.17) is 22.9 Å². The minimum absolute atomic E-state index is 0.00111. The molecular weight excluding hydrogens is 865 g/mol. The van der Waals surface area contributed by atoms with E-state index in [9.17, 15) is 43.5 Å². The van der Waals surface area contributed by atoms with Crippen LogP contribution in [0.4, 0.5) is 0 Å². The number of aliphatic imine (C=N–C) groups is 2. The van der Waals surface area contributed by atoms with Crippen molar-refractivity contribution < 1.29 is 43.5 Å². The predicted octanol–water partition coefficient (Wildman–Crippen LogP) is -3.37. The first kappa shape index (κ1) is 55.0. The SMILES string of the molecule is CSCC[C@H](NC(=O)[C@H](Cc1ccccc1)NC(=O)CNC(=O)[C@H](CCCN=C(N)N)NC(=O)[C@@H]1CCCN1)C(=O)N[C@@H](CCCN=C(N)N)C(=O)NCC(=O)N[C@@H](CC(C)C)C(=O)O. The summed E-state index contributed by atoms with van der Waals surface area (Å²) in [6.07, 6.45) is 4.25. The van der Waals surface area contributed by atoms with E-state index in [1.165, 1.54) is 11.8 Å². The first-order chi connectivity index (χ1) is 30.9. The number of aliphatic carboxylic acids is 1. The quantitative estimate of drug-likeness (QED) is 0.0203. The number of nitrogens with one attached hydrogen (secondary N) is 8. The Kier molecular flexibility index (Phi) is 25.4. The summed E-state index contributed by atoms with van der Waals surface area (Å²) in [4.78, 5) is 113. The number of guanidine groups is 2. The fourth-order valence-corrected chi connectivity index (χ4v) is 7.07. The van der Waals surface area contributed by atoms with Gasteiger partial charge in [0.2, 0.25) is 41.4 Å². The van der Waals surface area contributed by atoms with E-state index < -0.39 is 90.8 Å². The molecule has 0 radical (unpaired) electrons. The number of amides is 7. The zero-order valence-corrected chi connectivity index (χ0v) is 38.2. The van der Waals surface area contributed by atoms with Gasteiger partial charge in [0.05, 0.1) is 19.1 Å². The van der Waals surface area contributed by atoms with Crippen molar-refractivity contribution in [3.05, 3.63) is 35.9 Å². The molecule has 0 spiro atoms. The Hall–Kier alpha value is -6.17. The molecule has 0 unspecified atom stereocenters. The van der Waals surface area contributed by atoms with E-state index in [2.05, 4.69) is 52.5 Å². The van der Waals surface area contributed by atoms with Crippen LogP contribution in [-0.4, -0.2) is 145 Å². The average Bonchev–Trinajstić information content (AvgIpc) is 3.80. The topological polar surface area (TPSA) is 382 Å². The lowest BCUT2D eigenvalue weighted by Crippen LogP contribution is -2.58. The van der Waals surface area contributed by atoms with Gasteiger partial charge in [-0.15, -0.1) is 0 Å². The molecule has 362 valence electrons. The van der Waals surface area contributed by atoms with Crippen LogP contribution < -0.4 is 65.5 Å². The number of carboxylic acids is 1. The molecule has 2 rings (SSSR count). The monoisotopic (exact) mass is 933 g/mol. The normalized spacial score (nSPS) is 15.4. The van der Waals surface area contributed by atoms with Crippen molar-refractivity contribution >= 4 is 71.0 Å². The first-order valence-corrected chi connectivity index (χ1v) is 22.9. The molecule has 1 aliphatic rings. The average molecular weight is 933 g/mol. The number of hydrogen-bond acceptors (Lipinski definition) is 12. The molecule has 17 N–H and O–H groups in total. The Bertz CT molecular complexity index is 1790. The van der Waals surface area contributed by atoms with Crippen LogP contribution in [0.1, 0.15) is 70.8 Å². The Morgan fingerprint density at radius 2 is 1.22 bits per heavy atom. The summed E-state index contributed by atoms with van der Waals surface area (Å²) < 4.78 is 0. The van der Waals surface area contributed by atoms with Crippen molar-refractivity contribution in [1.29, 1.82) is 0 Å². The van der Waals surface area contributed by atoms with Gasteiger partial charge in [-0.2, -0.15) is 11.8 Å². The maximum absolute atomic E-state index is 14.0. The molecule has 1 aromatic rings. The summed E-state index contributed by atoms with van der Waals surface area (Å²) in [5.74, 6) is -5.87. The van der Waals surface area contributed by atoms with Crippen LogP contribution in [0.15, 0.2) is 40.3 Å². The van der Waals surface area contributed by atoms with Crippen molar-refractivity contribution in [2.45, 2.75) is 108 Å². The lowest BCUT2D eigenvalue weighted by atomic mass is 10.0. The highest BCUT2D eigenvalue weighted by Crippen LogP contribution is 2.10. The summed E-state index contributed by atoms with van der Waals surface area (Å²) in [6, 6.07) is 2.46. The second-order valence-electron chi connectivity index (χ2n) is 15.8. The van der Waals surface area contributed by atoms with Gasteiger partial charge >= 0.3 is 5.97 Å². The van der Waals surface area contributed by atoms with Gasteiger partial charge in [-0.05, 0) is 81.4 Å². The lowest BCUT2D eigenvalue weighted by molar-refractivity contribution is -0.142. The molecule has 0 bridgehead atoms. The van der Waals surface area contributed by atoms with Crippen LogP contribution >= 0.6 is 11.8 Å². The fraction of sp³-hybridized carbons (Fsp3) is 0.610. The van der Waals surface area contributed by atoms with Gasteiger partial charge in [-0.1, -0.05) is 44.2 Å². The van der Waals surface area contributed by atoms with Crippen molar-refractivity contribution in [2.24, 2.45) is 38.8 Å². The van der Waals surface area contributed by atoms with Crippen molar-refractivity contribution in [1.82, 2.24) is 42.5 Å². The number of thioether (sulfide) groups is 1.